The number of benzene rings is 1. The van der Waals surface area contributed by atoms with Crippen LogP contribution in [0.3, 0.4) is 0 Å². The lowest BCUT2D eigenvalue weighted by Gasteiger charge is -2.36. The minimum absolute atomic E-state index is 0.148. The lowest BCUT2D eigenvalue weighted by Crippen LogP contribution is -2.24. The Morgan fingerprint density at radius 2 is 1.50 bits per heavy atom. The highest BCUT2D eigenvalue weighted by Gasteiger charge is 2.48. The highest BCUT2D eigenvalue weighted by Crippen LogP contribution is 2.50. The molecule has 1 aromatic rings. The van der Waals surface area contributed by atoms with E-state index in [2.05, 4.69) is 6.92 Å². The van der Waals surface area contributed by atoms with Crippen LogP contribution in [0.2, 0.25) is 0 Å². The van der Waals surface area contributed by atoms with E-state index in [9.17, 15) is 26.3 Å². The van der Waals surface area contributed by atoms with E-state index in [4.69, 9.17) is 4.74 Å². The Labute approximate surface area is 186 Å². The van der Waals surface area contributed by atoms with Gasteiger partial charge in [0.05, 0.1) is 12.2 Å². The summed E-state index contributed by atoms with van der Waals surface area (Å²) in [5, 5.41) is 0. The fraction of sp³-hybridized carbons (Fsp3) is 0.680. The summed E-state index contributed by atoms with van der Waals surface area (Å²) in [4.78, 5) is 0. The molecule has 0 saturated heterocycles. The molecule has 0 spiro atoms. The molecule has 0 aliphatic heterocycles. The molecule has 0 N–H and O–H groups in total. The van der Waals surface area contributed by atoms with Crippen LogP contribution in [0.5, 0.6) is 5.75 Å². The molecule has 3 rings (SSSR count). The molecule has 0 radical (unpaired) electrons. The maximum Gasteiger partial charge on any atom is 0.420 e. The molecular weight excluding hydrogens is 430 g/mol. The van der Waals surface area contributed by atoms with E-state index >= 15 is 0 Å². The molecule has 1 fully saturated rings. The minimum atomic E-state index is -5.17. The number of halogens is 6. The van der Waals surface area contributed by atoms with Crippen molar-refractivity contribution in [3.8, 4) is 5.75 Å². The molecule has 1 saturated carbocycles. The molecule has 1 atom stereocenters. The summed E-state index contributed by atoms with van der Waals surface area (Å²) in [6.45, 7) is 3.49. The van der Waals surface area contributed by atoms with Gasteiger partial charge >= 0.3 is 12.4 Å². The summed E-state index contributed by atoms with van der Waals surface area (Å²) in [5.41, 5.74) is -3.34. The van der Waals surface area contributed by atoms with Crippen LogP contribution in [0.15, 0.2) is 18.2 Å². The zero-order chi connectivity index (χ0) is 23.5. The van der Waals surface area contributed by atoms with Gasteiger partial charge in [0.25, 0.3) is 0 Å². The monoisotopic (exact) mass is 462 g/mol. The molecule has 7 heteroatoms. The average Bonchev–Trinajstić information content (AvgIpc) is 2.73. The van der Waals surface area contributed by atoms with Gasteiger partial charge in [-0.05, 0) is 74.0 Å². The van der Waals surface area contributed by atoms with E-state index in [-0.39, 0.29) is 12.2 Å². The summed E-state index contributed by atoms with van der Waals surface area (Å²) >= 11 is 0. The van der Waals surface area contributed by atoms with Gasteiger partial charge in [0, 0.05) is 0 Å². The molecule has 1 aromatic carbocycles. The van der Waals surface area contributed by atoms with Crippen molar-refractivity contribution < 1.29 is 31.1 Å². The van der Waals surface area contributed by atoms with E-state index in [1.54, 1.807) is 6.08 Å². The van der Waals surface area contributed by atoms with Gasteiger partial charge in [-0.3, -0.25) is 0 Å². The first kappa shape index (κ1) is 25.0. The highest BCUT2D eigenvalue weighted by atomic mass is 19.4. The van der Waals surface area contributed by atoms with Gasteiger partial charge in [0.2, 0.25) is 0 Å². The SMILES string of the molecule is CCCC1CCC(C2CC=C(c3ccc(OCC)c(C(F)(F)F)c3C(F)(F)F)CC2)CC1. The minimum Gasteiger partial charge on any atom is -0.493 e. The highest BCUT2D eigenvalue weighted by molar-refractivity contribution is 5.72. The van der Waals surface area contributed by atoms with E-state index in [1.807, 2.05) is 0 Å². The predicted octanol–water partition coefficient (Wildman–Crippen LogP) is 8.91. The second-order valence-electron chi connectivity index (χ2n) is 9.12. The third kappa shape index (κ3) is 5.63. The van der Waals surface area contributed by atoms with E-state index in [1.165, 1.54) is 32.6 Å². The number of allylic oxidation sites excluding steroid dienone is 2. The third-order valence-corrected chi connectivity index (χ3v) is 7.09. The fourth-order valence-electron chi connectivity index (χ4n) is 5.59. The van der Waals surface area contributed by atoms with Crippen LogP contribution in [0, 0.1) is 17.8 Å². The fourth-order valence-corrected chi connectivity index (χ4v) is 5.59. The van der Waals surface area contributed by atoms with Gasteiger partial charge in [-0.1, -0.05) is 44.7 Å². The molecule has 0 bridgehead atoms. The zero-order valence-corrected chi connectivity index (χ0v) is 18.7. The van der Waals surface area contributed by atoms with Crippen LogP contribution >= 0.6 is 0 Å². The van der Waals surface area contributed by atoms with Crippen molar-refractivity contribution in [3.05, 3.63) is 34.9 Å². The molecular formula is C25H32F6O. The quantitative estimate of drug-likeness (QED) is 0.384. The van der Waals surface area contributed by atoms with Gasteiger partial charge in [-0.15, -0.1) is 0 Å². The summed E-state index contributed by atoms with van der Waals surface area (Å²) in [6.07, 6.45) is 0.311. The van der Waals surface area contributed by atoms with Crippen LogP contribution in [0.25, 0.3) is 5.57 Å². The van der Waals surface area contributed by atoms with Gasteiger partial charge in [0.1, 0.15) is 11.3 Å². The summed E-state index contributed by atoms with van der Waals surface area (Å²) in [6, 6.07) is 2.17. The second-order valence-corrected chi connectivity index (χ2v) is 9.12. The molecule has 1 unspecified atom stereocenters. The van der Waals surface area contributed by atoms with Crippen molar-refractivity contribution in [3.63, 3.8) is 0 Å². The molecule has 32 heavy (non-hydrogen) atoms. The van der Waals surface area contributed by atoms with Crippen LogP contribution in [0.4, 0.5) is 26.3 Å². The molecule has 180 valence electrons. The van der Waals surface area contributed by atoms with Crippen molar-refractivity contribution in [2.75, 3.05) is 6.61 Å². The molecule has 0 amide bonds. The Morgan fingerprint density at radius 1 is 0.844 bits per heavy atom. The summed E-state index contributed by atoms with van der Waals surface area (Å²) < 4.78 is 87.7. The van der Waals surface area contributed by atoms with Gasteiger partial charge < -0.3 is 4.74 Å². The summed E-state index contributed by atoms with van der Waals surface area (Å²) in [5.74, 6) is 0.980. The molecule has 2 aliphatic carbocycles. The Hall–Kier alpha value is -1.66. The summed E-state index contributed by atoms with van der Waals surface area (Å²) in [7, 11) is 0. The van der Waals surface area contributed by atoms with Gasteiger partial charge in [-0.25, -0.2) is 0 Å². The maximum atomic E-state index is 13.9. The first-order valence-corrected chi connectivity index (χ1v) is 11.7. The lowest BCUT2D eigenvalue weighted by molar-refractivity contribution is -0.163. The Balaban J connectivity index is 1.87. The first-order valence-electron chi connectivity index (χ1n) is 11.7. The largest absolute Gasteiger partial charge is 0.493 e. The number of rotatable bonds is 6. The molecule has 2 aliphatic rings. The van der Waals surface area contributed by atoms with Crippen LogP contribution in [-0.2, 0) is 12.4 Å². The van der Waals surface area contributed by atoms with Crippen LogP contribution in [0.1, 0.15) is 88.3 Å². The first-order chi connectivity index (χ1) is 15.1. The number of alkyl halides is 6. The van der Waals surface area contributed by atoms with E-state index in [0.29, 0.717) is 30.3 Å². The van der Waals surface area contributed by atoms with Crippen LogP contribution < -0.4 is 4.74 Å². The van der Waals surface area contributed by atoms with Crippen molar-refractivity contribution >= 4 is 5.57 Å². The maximum absolute atomic E-state index is 13.9. The van der Waals surface area contributed by atoms with Gasteiger partial charge in [0.15, 0.2) is 0 Å². The van der Waals surface area contributed by atoms with E-state index in [0.717, 1.165) is 37.3 Å². The topological polar surface area (TPSA) is 9.23 Å². The smallest absolute Gasteiger partial charge is 0.420 e. The normalized spacial score (nSPS) is 24.9. The lowest BCUT2D eigenvalue weighted by atomic mass is 9.70. The van der Waals surface area contributed by atoms with Crippen molar-refractivity contribution in [2.24, 2.45) is 17.8 Å². The molecule has 0 aromatic heterocycles. The Morgan fingerprint density at radius 3 is 2.00 bits per heavy atom. The van der Waals surface area contributed by atoms with Gasteiger partial charge in [-0.2, -0.15) is 26.3 Å². The predicted molar refractivity (Wildman–Crippen MR) is 113 cm³/mol. The average molecular weight is 463 g/mol. The standard InChI is InChI=1S/C25H32F6O/c1-3-5-16-6-8-17(9-7-16)18-10-12-19(13-11-18)20-14-15-21(32-4-2)23(25(29,30)31)22(20)24(26,27)28/h12,14-18H,3-11,13H2,1-2H3. The number of ether oxygens (including phenoxy) is 1. The van der Waals surface area contributed by atoms with Crippen molar-refractivity contribution in [2.45, 2.75) is 84.0 Å². The molecule has 0 heterocycles. The second kappa shape index (κ2) is 10.1. The molecule has 1 nitrogen and oxygen atoms in total. The zero-order valence-electron chi connectivity index (χ0n) is 18.7. The number of hydrogen-bond donors (Lipinski definition) is 0. The Bertz CT molecular complexity index is 800. The number of hydrogen-bond acceptors (Lipinski definition) is 1. The van der Waals surface area contributed by atoms with E-state index < -0.39 is 29.2 Å². The van der Waals surface area contributed by atoms with Crippen molar-refractivity contribution in [1.82, 2.24) is 0 Å². The van der Waals surface area contributed by atoms with Crippen molar-refractivity contribution in [1.29, 1.82) is 0 Å². The third-order valence-electron chi connectivity index (χ3n) is 7.09. The van der Waals surface area contributed by atoms with Crippen LogP contribution in [-0.4, -0.2) is 6.61 Å². The Kier molecular flexibility index (Phi) is 7.87.